The predicted molar refractivity (Wildman–Crippen MR) is 50.2 cm³/mol. The van der Waals surface area contributed by atoms with Gasteiger partial charge in [0.25, 0.3) is 6.43 Å². The molecule has 5 nitrogen and oxygen atoms in total. The molecule has 1 rings (SSSR count). The molecule has 0 radical (unpaired) electrons. The van der Waals surface area contributed by atoms with Crippen molar-refractivity contribution in [1.29, 1.82) is 0 Å². The van der Waals surface area contributed by atoms with Crippen LogP contribution in [0.25, 0.3) is 0 Å². The van der Waals surface area contributed by atoms with Gasteiger partial charge in [0.15, 0.2) is 4.60 Å². The minimum Gasteiger partial charge on any atom is -0.398 e. The van der Waals surface area contributed by atoms with Gasteiger partial charge in [-0.25, -0.2) is 13.8 Å². The van der Waals surface area contributed by atoms with Crippen LogP contribution < -0.4 is 4.74 Å². The Bertz CT molecular complexity index is 479. The Hall–Kier alpha value is -1.52. The summed E-state index contributed by atoms with van der Waals surface area (Å²) >= 11 is 2.49. The number of rotatable bonds is 3. The van der Waals surface area contributed by atoms with E-state index in [1.54, 1.807) is 0 Å². The van der Waals surface area contributed by atoms with E-state index >= 15 is 0 Å². The zero-order valence-electron chi connectivity index (χ0n) is 8.04. The second-order valence-electron chi connectivity index (χ2n) is 2.79. The maximum atomic E-state index is 12.5. The lowest BCUT2D eigenvalue weighted by Crippen LogP contribution is -2.19. The van der Waals surface area contributed by atoms with E-state index in [9.17, 15) is 32.1 Å². The first-order chi connectivity index (χ1) is 8.13. The first-order valence-electron chi connectivity index (χ1n) is 4.00. The molecular formula is C7H2BrF5N2O3. The summed E-state index contributed by atoms with van der Waals surface area (Å²) in [6.07, 6.45) is -8.38. The third-order valence-corrected chi connectivity index (χ3v) is 2.21. The van der Waals surface area contributed by atoms with Crippen molar-refractivity contribution in [2.75, 3.05) is 0 Å². The van der Waals surface area contributed by atoms with E-state index in [-0.39, 0.29) is 0 Å². The third-order valence-electron chi connectivity index (χ3n) is 1.63. The minimum atomic E-state index is -5.34. The van der Waals surface area contributed by atoms with Crippen molar-refractivity contribution >= 4 is 21.6 Å². The molecule has 0 unspecified atom stereocenters. The molecule has 0 spiro atoms. The Balaban J connectivity index is 3.48. The minimum absolute atomic E-state index is 0.364. The average molecular weight is 337 g/mol. The van der Waals surface area contributed by atoms with E-state index in [0.717, 1.165) is 0 Å². The smallest absolute Gasteiger partial charge is 0.398 e. The van der Waals surface area contributed by atoms with Crippen LogP contribution in [-0.2, 0) is 0 Å². The fourth-order valence-electron chi connectivity index (χ4n) is 1.01. The van der Waals surface area contributed by atoms with Crippen molar-refractivity contribution < 1.29 is 31.6 Å². The molecular weight excluding hydrogens is 335 g/mol. The average Bonchev–Trinajstić information content (AvgIpc) is 2.13. The monoisotopic (exact) mass is 336 g/mol. The van der Waals surface area contributed by atoms with E-state index in [0.29, 0.717) is 6.20 Å². The summed E-state index contributed by atoms with van der Waals surface area (Å²) in [5.41, 5.74) is -2.63. The van der Waals surface area contributed by atoms with Crippen molar-refractivity contribution in [1.82, 2.24) is 4.98 Å². The number of pyridine rings is 1. The molecule has 1 heterocycles. The normalized spacial score (nSPS) is 11.7. The van der Waals surface area contributed by atoms with Crippen molar-refractivity contribution in [2.45, 2.75) is 12.8 Å². The SMILES string of the molecule is O=[N+]([O-])c1c(Br)ncc(C(F)F)c1OC(F)(F)F. The predicted octanol–water partition coefficient (Wildman–Crippen LogP) is 3.59. The molecule has 0 aliphatic carbocycles. The molecule has 0 saturated heterocycles. The van der Waals surface area contributed by atoms with Crippen molar-refractivity contribution in [3.63, 3.8) is 0 Å². The van der Waals surface area contributed by atoms with Crippen LogP contribution in [0.5, 0.6) is 5.75 Å². The van der Waals surface area contributed by atoms with Gasteiger partial charge in [0.1, 0.15) is 0 Å². The van der Waals surface area contributed by atoms with Gasteiger partial charge in [0, 0.05) is 6.20 Å². The fourth-order valence-corrected chi connectivity index (χ4v) is 1.44. The largest absolute Gasteiger partial charge is 0.573 e. The molecule has 18 heavy (non-hydrogen) atoms. The lowest BCUT2D eigenvalue weighted by atomic mass is 10.2. The molecule has 0 aliphatic heterocycles. The molecule has 0 amide bonds. The Morgan fingerprint density at radius 2 is 2.00 bits per heavy atom. The Kier molecular flexibility index (Phi) is 4.04. The second-order valence-corrected chi connectivity index (χ2v) is 3.54. The number of halogens is 6. The summed E-state index contributed by atoms with van der Waals surface area (Å²) in [6.45, 7) is 0. The maximum Gasteiger partial charge on any atom is 0.573 e. The lowest BCUT2D eigenvalue weighted by Gasteiger charge is -2.13. The summed E-state index contributed by atoms with van der Waals surface area (Å²) in [6, 6.07) is 0. The molecule has 0 aromatic carbocycles. The van der Waals surface area contributed by atoms with Gasteiger partial charge in [-0.1, -0.05) is 0 Å². The fraction of sp³-hybridized carbons (Fsp3) is 0.286. The second kappa shape index (κ2) is 5.00. The molecule has 0 atom stereocenters. The van der Waals surface area contributed by atoms with Crippen LogP contribution in [0.4, 0.5) is 27.6 Å². The van der Waals surface area contributed by atoms with Crippen molar-refractivity contribution in [2.24, 2.45) is 0 Å². The standard InChI is InChI=1S/C7H2BrF5N2O3/c8-5-3(15(16)17)4(18-7(11,12)13)2(1-14-5)6(9)10/h1,6H. The molecule has 100 valence electrons. The molecule has 0 aliphatic rings. The number of alkyl halides is 5. The highest BCUT2D eigenvalue weighted by Crippen LogP contribution is 2.42. The van der Waals surface area contributed by atoms with Gasteiger partial charge in [-0.3, -0.25) is 10.1 Å². The summed E-state index contributed by atoms with van der Waals surface area (Å²) in [5.74, 6) is -1.58. The van der Waals surface area contributed by atoms with Gasteiger partial charge in [0.05, 0.1) is 10.5 Å². The maximum absolute atomic E-state index is 12.5. The first-order valence-corrected chi connectivity index (χ1v) is 4.79. The summed E-state index contributed by atoms with van der Waals surface area (Å²) < 4.78 is 63.6. The zero-order valence-corrected chi connectivity index (χ0v) is 9.63. The summed E-state index contributed by atoms with van der Waals surface area (Å²) in [7, 11) is 0. The number of aromatic nitrogens is 1. The van der Waals surface area contributed by atoms with Gasteiger partial charge in [0.2, 0.25) is 5.75 Å². The Labute approximate surface area is 104 Å². The van der Waals surface area contributed by atoms with Crippen LogP contribution in [0.3, 0.4) is 0 Å². The zero-order chi connectivity index (χ0) is 14.1. The van der Waals surface area contributed by atoms with Gasteiger partial charge in [-0.15, -0.1) is 13.2 Å². The van der Waals surface area contributed by atoms with Crippen LogP contribution in [-0.4, -0.2) is 16.3 Å². The van der Waals surface area contributed by atoms with Crippen molar-refractivity contribution in [3.8, 4) is 5.75 Å². The van der Waals surface area contributed by atoms with E-state index < -0.39 is 39.3 Å². The van der Waals surface area contributed by atoms with Crippen LogP contribution >= 0.6 is 15.9 Å². The van der Waals surface area contributed by atoms with E-state index in [2.05, 4.69) is 25.7 Å². The topological polar surface area (TPSA) is 65.3 Å². The molecule has 11 heteroatoms. The highest BCUT2D eigenvalue weighted by Gasteiger charge is 2.39. The van der Waals surface area contributed by atoms with Gasteiger partial charge < -0.3 is 4.74 Å². The van der Waals surface area contributed by atoms with Crippen LogP contribution in [0.1, 0.15) is 12.0 Å². The highest BCUT2D eigenvalue weighted by atomic mass is 79.9. The highest BCUT2D eigenvalue weighted by molar-refractivity contribution is 9.10. The number of ether oxygens (including phenoxy) is 1. The Morgan fingerprint density at radius 1 is 1.44 bits per heavy atom. The Morgan fingerprint density at radius 3 is 2.39 bits per heavy atom. The molecule has 1 aromatic heterocycles. The van der Waals surface area contributed by atoms with Gasteiger partial charge in [-0.05, 0) is 15.9 Å². The first kappa shape index (κ1) is 14.5. The van der Waals surface area contributed by atoms with Gasteiger partial charge >= 0.3 is 12.0 Å². The van der Waals surface area contributed by atoms with Crippen LogP contribution in [0.2, 0.25) is 0 Å². The molecule has 1 aromatic rings. The molecule has 0 N–H and O–H groups in total. The van der Waals surface area contributed by atoms with E-state index in [1.807, 2.05) is 0 Å². The molecule has 0 fully saturated rings. The van der Waals surface area contributed by atoms with Crippen LogP contribution in [0, 0.1) is 10.1 Å². The van der Waals surface area contributed by atoms with E-state index in [4.69, 9.17) is 0 Å². The summed E-state index contributed by atoms with van der Waals surface area (Å²) in [5, 5.41) is 10.5. The summed E-state index contributed by atoms with van der Waals surface area (Å²) in [4.78, 5) is 12.4. The van der Waals surface area contributed by atoms with E-state index in [1.165, 1.54) is 0 Å². The van der Waals surface area contributed by atoms with Crippen molar-refractivity contribution in [3.05, 3.63) is 26.5 Å². The number of nitrogens with zero attached hydrogens (tertiary/aromatic N) is 2. The third kappa shape index (κ3) is 3.24. The van der Waals surface area contributed by atoms with Crippen LogP contribution in [0.15, 0.2) is 10.8 Å². The number of hydrogen-bond acceptors (Lipinski definition) is 4. The van der Waals surface area contributed by atoms with Gasteiger partial charge in [-0.2, -0.15) is 0 Å². The quantitative estimate of drug-likeness (QED) is 0.366. The number of hydrogen-bond donors (Lipinski definition) is 0. The lowest BCUT2D eigenvalue weighted by molar-refractivity contribution is -0.390. The molecule has 0 bridgehead atoms. The number of nitro groups is 1. The molecule has 0 saturated carbocycles.